The van der Waals surface area contributed by atoms with E-state index in [-0.39, 0.29) is 6.10 Å². The molecule has 0 aromatic heterocycles. The van der Waals surface area contributed by atoms with Crippen molar-refractivity contribution in [2.75, 3.05) is 38.2 Å². The summed E-state index contributed by atoms with van der Waals surface area (Å²) >= 11 is 3.34. The SMILES string of the molecule is CN1CCOC(CN2C(=O)C(=O)c3c(Br)cccc32)C1. The Balaban J connectivity index is 1.86. The predicted octanol–water partition coefficient (Wildman–Crippen LogP) is 1.31. The number of morpholine rings is 1. The van der Waals surface area contributed by atoms with Gasteiger partial charge in [-0.15, -0.1) is 0 Å². The van der Waals surface area contributed by atoms with Gasteiger partial charge < -0.3 is 14.5 Å². The largest absolute Gasteiger partial charge is 0.374 e. The molecule has 1 amide bonds. The minimum Gasteiger partial charge on any atom is -0.374 e. The molecule has 6 heteroatoms. The molecule has 0 N–H and O–H groups in total. The van der Waals surface area contributed by atoms with Crippen molar-refractivity contribution in [3.63, 3.8) is 0 Å². The van der Waals surface area contributed by atoms with Gasteiger partial charge in [0.05, 0.1) is 30.5 Å². The van der Waals surface area contributed by atoms with Crippen LogP contribution in [0.25, 0.3) is 0 Å². The number of likely N-dealkylation sites (N-methyl/N-ethyl adjacent to an activating group) is 1. The first kappa shape index (κ1) is 13.7. The standard InChI is InChI=1S/C14H15BrN2O3/c1-16-5-6-20-9(7-16)8-17-11-4-2-3-10(15)12(11)13(18)14(17)19/h2-4,9H,5-8H2,1H3. The number of Topliss-reactive ketones (excluding diaryl/α,β-unsaturated/α-hetero) is 1. The zero-order chi connectivity index (χ0) is 14.3. The number of anilines is 1. The smallest absolute Gasteiger partial charge is 0.299 e. The molecule has 2 aliphatic heterocycles. The molecule has 20 heavy (non-hydrogen) atoms. The monoisotopic (exact) mass is 338 g/mol. The summed E-state index contributed by atoms with van der Waals surface area (Å²) in [6.45, 7) is 2.73. The molecule has 0 bridgehead atoms. The number of carbonyl (C=O) groups is 2. The van der Waals surface area contributed by atoms with Gasteiger partial charge in [0.15, 0.2) is 0 Å². The average molecular weight is 339 g/mol. The van der Waals surface area contributed by atoms with E-state index >= 15 is 0 Å². The number of rotatable bonds is 2. The zero-order valence-corrected chi connectivity index (χ0v) is 12.7. The Morgan fingerprint density at radius 2 is 2.20 bits per heavy atom. The maximum atomic E-state index is 12.2. The number of carbonyl (C=O) groups excluding carboxylic acids is 2. The van der Waals surface area contributed by atoms with Crippen LogP contribution >= 0.6 is 15.9 Å². The lowest BCUT2D eigenvalue weighted by molar-refractivity contribution is -0.115. The molecular formula is C14H15BrN2O3. The molecule has 3 rings (SSSR count). The summed E-state index contributed by atoms with van der Waals surface area (Å²) in [6, 6.07) is 5.41. The first-order valence-corrected chi connectivity index (χ1v) is 7.32. The molecule has 106 valence electrons. The second kappa shape index (κ2) is 5.27. The minimum absolute atomic E-state index is 0.0598. The van der Waals surface area contributed by atoms with Gasteiger partial charge in [0.2, 0.25) is 0 Å². The molecule has 0 aliphatic carbocycles. The molecule has 1 aromatic rings. The zero-order valence-electron chi connectivity index (χ0n) is 11.1. The molecule has 2 heterocycles. The van der Waals surface area contributed by atoms with E-state index in [4.69, 9.17) is 4.74 Å². The van der Waals surface area contributed by atoms with Crippen LogP contribution in [0.2, 0.25) is 0 Å². The van der Waals surface area contributed by atoms with Crippen LogP contribution in [0.4, 0.5) is 5.69 Å². The van der Waals surface area contributed by atoms with Crippen molar-refractivity contribution in [3.8, 4) is 0 Å². The van der Waals surface area contributed by atoms with Gasteiger partial charge in [-0.2, -0.15) is 0 Å². The van der Waals surface area contributed by atoms with Crippen LogP contribution in [-0.4, -0.2) is 56.0 Å². The van der Waals surface area contributed by atoms with Crippen LogP contribution in [0, 0.1) is 0 Å². The highest BCUT2D eigenvalue weighted by Crippen LogP contribution is 2.34. The second-order valence-corrected chi connectivity index (χ2v) is 5.99. The third-order valence-electron chi connectivity index (χ3n) is 3.68. The number of halogens is 1. The van der Waals surface area contributed by atoms with Crippen LogP contribution in [-0.2, 0) is 9.53 Å². The van der Waals surface area contributed by atoms with Crippen molar-refractivity contribution < 1.29 is 14.3 Å². The fraction of sp³-hybridized carbons (Fsp3) is 0.429. The number of ether oxygens (including phenoxy) is 1. The Morgan fingerprint density at radius 1 is 1.40 bits per heavy atom. The Kier molecular flexibility index (Phi) is 3.62. The summed E-state index contributed by atoms with van der Waals surface area (Å²) in [5.41, 5.74) is 1.13. The van der Waals surface area contributed by atoms with E-state index in [1.807, 2.05) is 13.1 Å². The molecule has 1 aromatic carbocycles. The van der Waals surface area contributed by atoms with Crippen LogP contribution in [0.3, 0.4) is 0 Å². The molecular weight excluding hydrogens is 324 g/mol. The fourth-order valence-electron chi connectivity index (χ4n) is 2.66. The molecule has 0 saturated carbocycles. The molecule has 1 fully saturated rings. The normalized spacial score (nSPS) is 23.3. The number of hydrogen-bond acceptors (Lipinski definition) is 4. The Morgan fingerprint density at radius 3 is 2.95 bits per heavy atom. The van der Waals surface area contributed by atoms with Crippen molar-refractivity contribution in [3.05, 3.63) is 28.2 Å². The number of benzene rings is 1. The molecule has 5 nitrogen and oxygen atoms in total. The lowest BCUT2D eigenvalue weighted by atomic mass is 10.1. The summed E-state index contributed by atoms with van der Waals surface area (Å²) in [5, 5.41) is 0. The van der Waals surface area contributed by atoms with Crippen molar-refractivity contribution in [2.24, 2.45) is 0 Å². The van der Waals surface area contributed by atoms with Gasteiger partial charge in [-0.25, -0.2) is 0 Å². The van der Waals surface area contributed by atoms with E-state index in [0.29, 0.717) is 28.9 Å². The quantitative estimate of drug-likeness (QED) is 0.763. The Bertz CT molecular complexity index is 576. The lowest BCUT2D eigenvalue weighted by Crippen LogP contribution is -2.47. The summed E-state index contributed by atoms with van der Waals surface area (Å²) in [6.07, 6.45) is -0.0598. The summed E-state index contributed by atoms with van der Waals surface area (Å²) in [4.78, 5) is 27.9. The highest BCUT2D eigenvalue weighted by Gasteiger charge is 2.38. The van der Waals surface area contributed by atoms with Crippen LogP contribution in [0.15, 0.2) is 22.7 Å². The van der Waals surface area contributed by atoms with E-state index in [0.717, 1.165) is 13.1 Å². The highest BCUT2D eigenvalue weighted by molar-refractivity contribution is 9.10. The second-order valence-electron chi connectivity index (χ2n) is 5.13. The molecule has 1 unspecified atom stereocenters. The van der Waals surface area contributed by atoms with Gasteiger partial charge in [-0.05, 0) is 35.1 Å². The van der Waals surface area contributed by atoms with E-state index in [1.54, 1.807) is 12.1 Å². The Labute approximate surface area is 125 Å². The number of fused-ring (bicyclic) bond motifs is 1. The fourth-order valence-corrected chi connectivity index (χ4v) is 3.20. The molecule has 0 spiro atoms. The van der Waals surface area contributed by atoms with Crippen molar-refractivity contribution in [1.82, 2.24) is 4.90 Å². The van der Waals surface area contributed by atoms with E-state index < -0.39 is 11.7 Å². The molecule has 0 radical (unpaired) electrons. The maximum absolute atomic E-state index is 12.2. The number of hydrogen-bond donors (Lipinski definition) is 0. The molecule has 2 aliphatic rings. The predicted molar refractivity (Wildman–Crippen MR) is 78.1 cm³/mol. The van der Waals surface area contributed by atoms with Gasteiger partial charge in [0, 0.05) is 17.6 Å². The van der Waals surface area contributed by atoms with Gasteiger partial charge in [0.1, 0.15) is 0 Å². The lowest BCUT2D eigenvalue weighted by Gasteiger charge is -2.32. The van der Waals surface area contributed by atoms with E-state index in [1.165, 1.54) is 4.90 Å². The van der Waals surface area contributed by atoms with Crippen LogP contribution < -0.4 is 4.90 Å². The van der Waals surface area contributed by atoms with Gasteiger partial charge in [0.25, 0.3) is 11.7 Å². The first-order valence-electron chi connectivity index (χ1n) is 6.53. The van der Waals surface area contributed by atoms with E-state index in [9.17, 15) is 9.59 Å². The first-order chi connectivity index (χ1) is 9.58. The topological polar surface area (TPSA) is 49.9 Å². The summed E-state index contributed by atoms with van der Waals surface area (Å²) < 4.78 is 6.34. The van der Waals surface area contributed by atoms with Crippen LogP contribution in [0.1, 0.15) is 10.4 Å². The van der Waals surface area contributed by atoms with Crippen LogP contribution in [0.5, 0.6) is 0 Å². The molecule has 1 atom stereocenters. The number of amides is 1. The van der Waals surface area contributed by atoms with Crippen molar-refractivity contribution in [1.29, 1.82) is 0 Å². The van der Waals surface area contributed by atoms with Gasteiger partial charge in [-0.1, -0.05) is 6.07 Å². The summed E-state index contributed by atoms with van der Waals surface area (Å²) in [7, 11) is 2.02. The van der Waals surface area contributed by atoms with Gasteiger partial charge >= 0.3 is 0 Å². The highest BCUT2D eigenvalue weighted by atomic mass is 79.9. The minimum atomic E-state index is -0.469. The number of ketones is 1. The third kappa shape index (κ3) is 2.28. The average Bonchev–Trinajstić information content (AvgIpc) is 2.65. The number of nitrogens with zero attached hydrogens (tertiary/aromatic N) is 2. The maximum Gasteiger partial charge on any atom is 0.299 e. The van der Waals surface area contributed by atoms with E-state index in [2.05, 4.69) is 20.8 Å². The van der Waals surface area contributed by atoms with Crippen molar-refractivity contribution >= 4 is 33.3 Å². The Hall–Kier alpha value is -1.24. The third-order valence-corrected chi connectivity index (χ3v) is 4.34. The molecule has 1 saturated heterocycles. The van der Waals surface area contributed by atoms with Crippen molar-refractivity contribution in [2.45, 2.75) is 6.10 Å². The van der Waals surface area contributed by atoms with Gasteiger partial charge in [-0.3, -0.25) is 9.59 Å². The summed E-state index contributed by atoms with van der Waals surface area (Å²) in [5.74, 6) is -0.916.